The van der Waals surface area contributed by atoms with Crippen molar-refractivity contribution >= 4 is 5.97 Å². The van der Waals surface area contributed by atoms with Crippen molar-refractivity contribution in [1.29, 1.82) is 0 Å². The van der Waals surface area contributed by atoms with Gasteiger partial charge < -0.3 is 15.6 Å². The summed E-state index contributed by atoms with van der Waals surface area (Å²) < 4.78 is 5.64. The van der Waals surface area contributed by atoms with Crippen LogP contribution in [0.5, 0.6) is 11.5 Å². The van der Waals surface area contributed by atoms with Crippen LogP contribution < -0.4 is 10.5 Å². The van der Waals surface area contributed by atoms with Gasteiger partial charge in [-0.3, -0.25) is 4.79 Å². The zero-order valence-corrected chi connectivity index (χ0v) is 10.3. The summed E-state index contributed by atoms with van der Waals surface area (Å²) in [7, 11) is 0. The average molecular weight is 257 g/mol. The average Bonchev–Trinajstić information content (AvgIpc) is 2.40. The lowest BCUT2D eigenvalue weighted by molar-refractivity contribution is -0.137. The number of aliphatic carboxylic acids is 1. The zero-order valence-electron chi connectivity index (χ0n) is 10.3. The predicted molar refractivity (Wildman–Crippen MR) is 72.1 cm³/mol. The molecule has 2 aromatic carbocycles. The van der Waals surface area contributed by atoms with Gasteiger partial charge in [0.15, 0.2) is 0 Å². The molecule has 0 amide bonds. The number of para-hydroxylation sites is 1. The van der Waals surface area contributed by atoms with E-state index in [4.69, 9.17) is 15.6 Å². The number of carboxylic acids is 1. The number of carboxylic acid groups (broad SMARTS) is 1. The van der Waals surface area contributed by atoms with Crippen molar-refractivity contribution in [2.24, 2.45) is 5.73 Å². The van der Waals surface area contributed by atoms with E-state index in [1.807, 2.05) is 30.3 Å². The normalized spacial score (nSPS) is 11.8. The molecular formula is C15H15NO3. The van der Waals surface area contributed by atoms with Gasteiger partial charge in [0.05, 0.1) is 6.42 Å². The molecule has 2 aromatic rings. The molecule has 0 spiro atoms. The predicted octanol–water partition coefficient (Wildman–Crippen LogP) is 2.95. The first kappa shape index (κ1) is 13.1. The Balaban J connectivity index is 2.04. The van der Waals surface area contributed by atoms with Gasteiger partial charge in [0, 0.05) is 6.04 Å². The quantitative estimate of drug-likeness (QED) is 0.863. The molecule has 2 rings (SSSR count). The smallest absolute Gasteiger partial charge is 0.305 e. The fourth-order valence-corrected chi connectivity index (χ4v) is 1.71. The first-order valence-corrected chi connectivity index (χ1v) is 5.95. The molecule has 0 heterocycles. The zero-order chi connectivity index (χ0) is 13.7. The van der Waals surface area contributed by atoms with Crippen molar-refractivity contribution in [3.05, 3.63) is 60.2 Å². The molecule has 0 aliphatic rings. The van der Waals surface area contributed by atoms with Gasteiger partial charge in [-0.15, -0.1) is 0 Å². The SMILES string of the molecule is NC(CC(=O)O)c1ccc(Oc2ccccc2)cc1. The molecule has 0 radical (unpaired) electrons. The number of rotatable bonds is 5. The number of nitrogens with two attached hydrogens (primary N) is 1. The van der Waals surface area contributed by atoms with E-state index in [0.717, 1.165) is 11.3 Å². The van der Waals surface area contributed by atoms with Gasteiger partial charge in [0.1, 0.15) is 11.5 Å². The van der Waals surface area contributed by atoms with Crippen LogP contribution in [-0.4, -0.2) is 11.1 Å². The lowest BCUT2D eigenvalue weighted by Gasteiger charge is -2.10. The first-order valence-electron chi connectivity index (χ1n) is 5.95. The Morgan fingerprint density at radius 2 is 1.63 bits per heavy atom. The maximum atomic E-state index is 10.6. The summed E-state index contributed by atoms with van der Waals surface area (Å²) in [5.74, 6) is 0.541. The van der Waals surface area contributed by atoms with Crippen molar-refractivity contribution in [3.8, 4) is 11.5 Å². The number of hydrogen-bond donors (Lipinski definition) is 2. The molecule has 1 unspecified atom stereocenters. The number of benzene rings is 2. The molecule has 0 saturated heterocycles. The maximum absolute atomic E-state index is 10.6. The summed E-state index contributed by atoms with van der Waals surface area (Å²) in [5.41, 5.74) is 6.56. The van der Waals surface area contributed by atoms with Gasteiger partial charge in [-0.25, -0.2) is 0 Å². The van der Waals surface area contributed by atoms with Crippen molar-refractivity contribution in [2.45, 2.75) is 12.5 Å². The molecule has 0 aliphatic carbocycles. The number of carbonyl (C=O) groups is 1. The Kier molecular flexibility index (Phi) is 4.15. The van der Waals surface area contributed by atoms with Crippen molar-refractivity contribution in [1.82, 2.24) is 0 Å². The van der Waals surface area contributed by atoms with Gasteiger partial charge in [-0.2, -0.15) is 0 Å². The van der Waals surface area contributed by atoms with E-state index in [0.29, 0.717) is 5.75 Å². The van der Waals surface area contributed by atoms with Crippen LogP contribution in [0.1, 0.15) is 18.0 Å². The third-order valence-corrected chi connectivity index (χ3v) is 2.68. The molecule has 0 aromatic heterocycles. The van der Waals surface area contributed by atoms with Crippen LogP contribution in [0.3, 0.4) is 0 Å². The molecule has 0 saturated carbocycles. The van der Waals surface area contributed by atoms with E-state index >= 15 is 0 Å². The van der Waals surface area contributed by atoms with Gasteiger partial charge in [-0.05, 0) is 29.8 Å². The minimum atomic E-state index is -0.905. The first-order chi connectivity index (χ1) is 9.15. The van der Waals surface area contributed by atoms with E-state index in [1.165, 1.54) is 0 Å². The Hall–Kier alpha value is -2.33. The Labute approximate surface area is 111 Å². The molecule has 4 nitrogen and oxygen atoms in total. The summed E-state index contributed by atoms with van der Waals surface area (Å²) >= 11 is 0. The maximum Gasteiger partial charge on any atom is 0.305 e. The molecule has 3 N–H and O–H groups in total. The molecule has 0 fully saturated rings. The van der Waals surface area contributed by atoms with E-state index in [9.17, 15) is 4.79 Å². The van der Waals surface area contributed by atoms with Crippen LogP contribution in [0.4, 0.5) is 0 Å². The van der Waals surface area contributed by atoms with Gasteiger partial charge in [-0.1, -0.05) is 30.3 Å². The Morgan fingerprint density at radius 1 is 1.05 bits per heavy atom. The third-order valence-electron chi connectivity index (χ3n) is 2.68. The molecule has 0 aliphatic heterocycles. The minimum absolute atomic E-state index is 0.0844. The second kappa shape index (κ2) is 6.02. The number of hydrogen-bond acceptors (Lipinski definition) is 3. The molecule has 19 heavy (non-hydrogen) atoms. The van der Waals surface area contributed by atoms with Gasteiger partial charge in [0.2, 0.25) is 0 Å². The molecule has 0 bridgehead atoms. The van der Waals surface area contributed by atoms with Crippen LogP contribution >= 0.6 is 0 Å². The van der Waals surface area contributed by atoms with Gasteiger partial charge in [0.25, 0.3) is 0 Å². The van der Waals surface area contributed by atoms with E-state index in [1.54, 1.807) is 24.3 Å². The highest BCUT2D eigenvalue weighted by Crippen LogP contribution is 2.23. The van der Waals surface area contributed by atoms with Crippen LogP contribution in [0.15, 0.2) is 54.6 Å². The van der Waals surface area contributed by atoms with Crippen LogP contribution in [0.2, 0.25) is 0 Å². The third kappa shape index (κ3) is 3.82. The van der Waals surface area contributed by atoms with Crippen LogP contribution in [0.25, 0.3) is 0 Å². The van der Waals surface area contributed by atoms with Crippen molar-refractivity contribution in [2.75, 3.05) is 0 Å². The Bertz CT molecular complexity index is 537. The largest absolute Gasteiger partial charge is 0.481 e. The topological polar surface area (TPSA) is 72.6 Å². The van der Waals surface area contributed by atoms with E-state index < -0.39 is 12.0 Å². The molecule has 98 valence electrons. The molecule has 1 atom stereocenters. The second-order valence-corrected chi connectivity index (χ2v) is 4.19. The Morgan fingerprint density at radius 3 is 2.21 bits per heavy atom. The summed E-state index contributed by atoms with van der Waals surface area (Å²) in [6, 6.07) is 16.1. The lowest BCUT2D eigenvalue weighted by atomic mass is 10.0. The summed E-state index contributed by atoms with van der Waals surface area (Å²) in [6.45, 7) is 0. The minimum Gasteiger partial charge on any atom is -0.481 e. The molecule has 4 heteroatoms. The summed E-state index contributed by atoms with van der Waals surface area (Å²) in [6.07, 6.45) is -0.0844. The fourth-order valence-electron chi connectivity index (χ4n) is 1.71. The standard InChI is InChI=1S/C15H15NO3/c16-14(10-15(17)18)11-6-8-13(9-7-11)19-12-4-2-1-3-5-12/h1-9,14H,10,16H2,(H,17,18). The second-order valence-electron chi connectivity index (χ2n) is 4.19. The van der Waals surface area contributed by atoms with Gasteiger partial charge >= 0.3 is 5.97 Å². The summed E-state index contributed by atoms with van der Waals surface area (Å²) in [5, 5.41) is 8.69. The van der Waals surface area contributed by atoms with Crippen LogP contribution in [-0.2, 0) is 4.79 Å². The molecular weight excluding hydrogens is 242 g/mol. The van der Waals surface area contributed by atoms with Crippen LogP contribution in [0, 0.1) is 0 Å². The van der Waals surface area contributed by atoms with Crippen molar-refractivity contribution < 1.29 is 14.6 Å². The van der Waals surface area contributed by atoms with E-state index in [2.05, 4.69) is 0 Å². The monoisotopic (exact) mass is 257 g/mol. The van der Waals surface area contributed by atoms with Crippen molar-refractivity contribution in [3.63, 3.8) is 0 Å². The highest BCUT2D eigenvalue weighted by atomic mass is 16.5. The number of ether oxygens (including phenoxy) is 1. The van der Waals surface area contributed by atoms with E-state index in [-0.39, 0.29) is 6.42 Å². The lowest BCUT2D eigenvalue weighted by Crippen LogP contribution is -2.14. The summed E-state index contributed by atoms with van der Waals surface area (Å²) in [4.78, 5) is 10.6. The highest BCUT2D eigenvalue weighted by Gasteiger charge is 2.10. The fraction of sp³-hybridized carbons (Fsp3) is 0.133. The highest BCUT2D eigenvalue weighted by molar-refractivity contribution is 5.67.